The summed E-state index contributed by atoms with van der Waals surface area (Å²) < 4.78 is 0. The molecule has 2 saturated heterocycles. The Kier molecular flexibility index (Phi) is 5.11. The molecule has 1 amide bonds. The van der Waals surface area contributed by atoms with Gasteiger partial charge in [0.2, 0.25) is 5.91 Å². The van der Waals surface area contributed by atoms with Gasteiger partial charge < -0.3 is 15.5 Å². The predicted octanol–water partition coefficient (Wildman–Crippen LogP) is 1.54. The SMILES string of the molecule is CC(C)(N)C(=O)N1CCC[C@H](N2CCN(c3ccccc3)CC2)C1. The first-order chi connectivity index (χ1) is 11.4. The molecule has 132 valence electrons. The summed E-state index contributed by atoms with van der Waals surface area (Å²) in [7, 11) is 0. The third kappa shape index (κ3) is 3.90. The minimum atomic E-state index is -0.770. The zero-order valence-corrected chi connectivity index (χ0v) is 14.9. The molecule has 0 saturated carbocycles. The molecule has 0 spiro atoms. The van der Waals surface area contributed by atoms with Gasteiger partial charge in [-0.15, -0.1) is 0 Å². The number of anilines is 1. The number of nitrogens with zero attached hydrogens (tertiary/aromatic N) is 3. The van der Waals surface area contributed by atoms with E-state index >= 15 is 0 Å². The van der Waals surface area contributed by atoms with Crippen molar-refractivity contribution in [3.8, 4) is 0 Å². The smallest absolute Gasteiger partial charge is 0.242 e. The summed E-state index contributed by atoms with van der Waals surface area (Å²) >= 11 is 0. The Hall–Kier alpha value is -1.59. The normalized spacial score (nSPS) is 23.4. The summed E-state index contributed by atoms with van der Waals surface area (Å²) in [4.78, 5) is 19.4. The predicted molar refractivity (Wildman–Crippen MR) is 98.1 cm³/mol. The Bertz CT molecular complexity index is 546. The van der Waals surface area contributed by atoms with Crippen LogP contribution in [-0.4, -0.2) is 66.6 Å². The molecule has 24 heavy (non-hydrogen) atoms. The lowest BCUT2D eigenvalue weighted by atomic mass is 9.99. The number of likely N-dealkylation sites (tertiary alicyclic amines) is 1. The fourth-order valence-electron chi connectivity index (χ4n) is 3.83. The van der Waals surface area contributed by atoms with E-state index in [0.29, 0.717) is 6.04 Å². The van der Waals surface area contributed by atoms with Gasteiger partial charge in [0.25, 0.3) is 0 Å². The Labute approximate surface area is 145 Å². The van der Waals surface area contributed by atoms with Gasteiger partial charge in [-0.1, -0.05) is 18.2 Å². The zero-order chi connectivity index (χ0) is 17.2. The van der Waals surface area contributed by atoms with E-state index in [4.69, 9.17) is 5.73 Å². The standard InChI is InChI=1S/C19H30N4O/c1-19(2,20)18(24)23-10-6-9-17(15-23)22-13-11-21(12-14-22)16-7-4-3-5-8-16/h3-5,7-8,17H,6,9-15,20H2,1-2H3/t17-/m0/s1. The van der Waals surface area contributed by atoms with Crippen LogP contribution >= 0.6 is 0 Å². The van der Waals surface area contributed by atoms with Crippen LogP contribution in [0.15, 0.2) is 30.3 Å². The molecular weight excluding hydrogens is 300 g/mol. The average molecular weight is 330 g/mol. The van der Waals surface area contributed by atoms with Crippen LogP contribution in [0, 0.1) is 0 Å². The summed E-state index contributed by atoms with van der Waals surface area (Å²) in [6, 6.07) is 11.1. The average Bonchev–Trinajstić information content (AvgIpc) is 2.61. The molecule has 0 radical (unpaired) electrons. The van der Waals surface area contributed by atoms with Crippen LogP contribution in [0.1, 0.15) is 26.7 Å². The summed E-state index contributed by atoms with van der Waals surface area (Å²) in [5.41, 5.74) is 6.54. The number of hydrogen-bond acceptors (Lipinski definition) is 4. The maximum atomic E-state index is 12.5. The minimum absolute atomic E-state index is 0.0788. The van der Waals surface area contributed by atoms with Gasteiger partial charge in [-0.25, -0.2) is 0 Å². The van der Waals surface area contributed by atoms with Crippen molar-refractivity contribution in [3.05, 3.63) is 30.3 Å². The minimum Gasteiger partial charge on any atom is -0.369 e. The lowest BCUT2D eigenvalue weighted by Gasteiger charge is -2.44. The Morgan fingerprint density at radius 2 is 1.75 bits per heavy atom. The Morgan fingerprint density at radius 3 is 2.38 bits per heavy atom. The molecule has 2 fully saturated rings. The highest BCUT2D eigenvalue weighted by Gasteiger charge is 2.34. The number of piperazine rings is 1. The fraction of sp³-hybridized carbons (Fsp3) is 0.632. The second-order valence-corrected chi connectivity index (χ2v) is 7.63. The number of hydrogen-bond donors (Lipinski definition) is 1. The molecule has 0 bridgehead atoms. The van der Waals surface area contributed by atoms with Gasteiger partial charge in [-0.2, -0.15) is 0 Å². The van der Waals surface area contributed by atoms with Crippen LogP contribution in [-0.2, 0) is 4.79 Å². The molecule has 1 atom stereocenters. The summed E-state index contributed by atoms with van der Waals surface area (Å²) in [5, 5.41) is 0. The molecule has 2 aliphatic rings. The lowest BCUT2D eigenvalue weighted by molar-refractivity contribution is -0.138. The van der Waals surface area contributed by atoms with Crippen molar-refractivity contribution in [1.29, 1.82) is 0 Å². The van der Waals surface area contributed by atoms with Crippen LogP contribution in [0.3, 0.4) is 0 Å². The summed E-state index contributed by atoms with van der Waals surface area (Å²) in [5.74, 6) is 0.0788. The van der Waals surface area contributed by atoms with Crippen molar-refractivity contribution < 1.29 is 4.79 Å². The quantitative estimate of drug-likeness (QED) is 0.913. The maximum absolute atomic E-state index is 12.5. The van der Waals surface area contributed by atoms with Crippen molar-refractivity contribution in [2.24, 2.45) is 5.73 Å². The fourth-order valence-corrected chi connectivity index (χ4v) is 3.83. The largest absolute Gasteiger partial charge is 0.369 e. The first-order valence-electron chi connectivity index (χ1n) is 9.07. The van der Waals surface area contributed by atoms with E-state index in [0.717, 1.165) is 45.7 Å². The van der Waals surface area contributed by atoms with E-state index in [1.165, 1.54) is 12.1 Å². The highest BCUT2D eigenvalue weighted by atomic mass is 16.2. The number of piperidine rings is 1. The molecule has 1 aromatic carbocycles. The van der Waals surface area contributed by atoms with Gasteiger partial charge >= 0.3 is 0 Å². The van der Waals surface area contributed by atoms with E-state index in [-0.39, 0.29) is 5.91 Å². The van der Waals surface area contributed by atoms with Crippen molar-refractivity contribution in [2.45, 2.75) is 38.3 Å². The van der Waals surface area contributed by atoms with Crippen molar-refractivity contribution in [3.63, 3.8) is 0 Å². The van der Waals surface area contributed by atoms with Crippen LogP contribution in [0.5, 0.6) is 0 Å². The van der Waals surface area contributed by atoms with Crippen LogP contribution in [0.4, 0.5) is 5.69 Å². The molecule has 5 heteroatoms. The zero-order valence-electron chi connectivity index (χ0n) is 14.9. The molecule has 0 unspecified atom stereocenters. The molecule has 0 aromatic heterocycles. The maximum Gasteiger partial charge on any atom is 0.242 e. The number of nitrogens with two attached hydrogens (primary N) is 1. The molecule has 2 heterocycles. The van der Waals surface area contributed by atoms with Crippen molar-refractivity contribution in [1.82, 2.24) is 9.80 Å². The topological polar surface area (TPSA) is 52.8 Å². The van der Waals surface area contributed by atoms with Crippen LogP contribution in [0.25, 0.3) is 0 Å². The molecular formula is C19H30N4O. The summed E-state index contributed by atoms with van der Waals surface area (Å²) in [6.45, 7) is 9.51. The highest BCUT2D eigenvalue weighted by molar-refractivity contribution is 5.85. The molecule has 1 aromatic rings. The molecule has 5 nitrogen and oxygen atoms in total. The van der Waals surface area contributed by atoms with E-state index in [1.54, 1.807) is 13.8 Å². The second kappa shape index (κ2) is 7.11. The first-order valence-corrected chi connectivity index (χ1v) is 9.07. The number of amides is 1. The van der Waals surface area contributed by atoms with Gasteiger partial charge in [0.1, 0.15) is 0 Å². The van der Waals surface area contributed by atoms with Gasteiger partial charge in [0.05, 0.1) is 5.54 Å². The van der Waals surface area contributed by atoms with E-state index in [2.05, 4.69) is 40.1 Å². The van der Waals surface area contributed by atoms with Crippen LogP contribution in [0.2, 0.25) is 0 Å². The van der Waals surface area contributed by atoms with Gasteiger partial charge in [-0.05, 0) is 38.8 Å². The lowest BCUT2D eigenvalue weighted by Crippen LogP contribution is -2.59. The van der Waals surface area contributed by atoms with E-state index in [1.807, 2.05) is 4.90 Å². The third-order valence-electron chi connectivity index (χ3n) is 5.19. The van der Waals surface area contributed by atoms with Crippen LogP contribution < -0.4 is 10.6 Å². The number of carbonyl (C=O) groups excluding carboxylic acids is 1. The molecule has 0 aliphatic carbocycles. The first kappa shape index (κ1) is 17.2. The molecule has 2 N–H and O–H groups in total. The number of carbonyl (C=O) groups is 1. The van der Waals surface area contributed by atoms with E-state index < -0.39 is 5.54 Å². The third-order valence-corrected chi connectivity index (χ3v) is 5.19. The molecule has 3 rings (SSSR count). The van der Waals surface area contributed by atoms with Crippen molar-refractivity contribution in [2.75, 3.05) is 44.2 Å². The van der Waals surface area contributed by atoms with Gasteiger partial charge in [0, 0.05) is 51.0 Å². The van der Waals surface area contributed by atoms with E-state index in [9.17, 15) is 4.79 Å². The van der Waals surface area contributed by atoms with Gasteiger partial charge in [0.15, 0.2) is 0 Å². The molecule has 2 aliphatic heterocycles. The second-order valence-electron chi connectivity index (χ2n) is 7.63. The number of para-hydroxylation sites is 1. The monoisotopic (exact) mass is 330 g/mol. The van der Waals surface area contributed by atoms with Gasteiger partial charge in [-0.3, -0.25) is 9.69 Å². The Balaban J connectivity index is 1.55. The summed E-state index contributed by atoms with van der Waals surface area (Å²) in [6.07, 6.45) is 2.26. The highest BCUT2D eigenvalue weighted by Crippen LogP contribution is 2.22. The van der Waals surface area contributed by atoms with Crippen molar-refractivity contribution >= 4 is 11.6 Å². The number of benzene rings is 1. The Morgan fingerprint density at radius 1 is 1.08 bits per heavy atom. The number of rotatable bonds is 3.